The fourth-order valence-electron chi connectivity index (χ4n) is 2.83. The number of hydrogen-bond acceptors (Lipinski definition) is 5. The molecule has 6 heteroatoms. The Morgan fingerprint density at radius 2 is 1.75 bits per heavy atom. The summed E-state index contributed by atoms with van der Waals surface area (Å²) < 4.78 is 13.0. The summed E-state index contributed by atoms with van der Waals surface area (Å²) in [5, 5.41) is 3.27. The van der Waals surface area contributed by atoms with Crippen molar-refractivity contribution in [2.75, 3.05) is 47.8 Å². The van der Waals surface area contributed by atoms with Crippen LogP contribution < -0.4 is 15.1 Å². The largest absolute Gasteiger partial charge is 0.368 e. The summed E-state index contributed by atoms with van der Waals surface area (Å²) >= 11 is 0. The third kappa shape index (κ3) is 4.13. The Labute approximate surface area is 142 Å². The van der Waals surface area contributed by atoms with Crippen LogP contribution in [0.4, 0.5) is 21.8 Å². The summed E-state index contributed by atoms with van der Waals surface area (Å²) in [6.07, 6.45) is 4.07. The predicted molar refractivity (Wildman–Crippen MR) is 96.3 cm³/mol. The van der Waals surface area contributed by atoms with Gasteiger partial charge in [0, 0.05) is 44.6 Å². The van der Waals surface area contributed by atoms with Crippen LogP contribution in [0.2, 0.25) is 0 Å². The lowest BCUT2D eigenvalue weighted by Crippen LogP contribution is -2.46. The molecule has 1 fully saturated rings. The Morgan fingerprint density at radius 3 is 2.46 bits per heavy atom. The molecule has 1 N–H and O–H groups in total. The fraction of sp³-hybridized carbons (Fsp3) is 0.444. The van der Waals surface area contributed by atoms with Crippen molar-refractivity contribution in [3.63, 3.8) is 0 Å². The van der Waals surface area contributed by atoms with Gasteiger partial charge in [0.25, 0.3) is 0 Å². The highest BCUT2D eigenvalue weighted by Crippen LogP contribution is 2.20. The number of benzene rings is 1. The monoisotopic (exact) mass is 329 g/mol. The van der Waals surface area contributed by atoms with E-state index in [9.17, 15) is 4.39 Å². The molecule has 1 aliphatic rings. The van der Waals surface area contributed by atoms with Crippen LogP contribution in [-0.2, 0) is 0 Å². The third-order valence-corrected chi connectivity index (χ3v) is 4.25. The molecular formula is C18H24FN5. The minimum Gasteiger partial charge on any atom is -0.368 e. The molecule has 2 heterocycles. The summed E-state index contributed by atoms with van der Waals surface area (Å²) in [5.41, 5.74) is 1.07. The number of aromatic nitrogens is 2. The van der Waals surface area contributed by atoms with Crippen molar-refractivity contribution in [1.29, 1.82) is 0 Å². The third-order valence-electron chi connectivity index (χ3n) is 4.25. The molecule has 0 unspecified atom stereocenters. The summed E-state index contributed by atoms with van der Waals surface area (Å²) in [6.45, 7) is 6.64. The Morgan fingerprint density at radius 1 is 1.04 bits per heavy atom. The Balaban J connectivity index is 1.58. The van der Waals surface area contributed by atoms with Crippen LogP contribution in [0.5, 0.6) is 0 Å². The molecule has 5 nitrogen and oxygen atoms in total. The molecule has 24 heavy (non-hydrogen) atoms. The Hall–Kier alpha value is -2.37. The van der Waals surface area contributed by atoms with Crippen molar-refractivity contribution in [2.45, 2.75) is 19.8 Å². The molecule has 0 radical (unpaired) electrons. The minimum atomic E-state index is -0.193. The maximum Gasteiger partial charge on any atom is 0.224 e. The molecule has 0 atom stereocenters. The fourth-order valence-corrected chi connectivity index (χ4v) is 2.83. The van der Waals surface area contributed by atoms with E-state index in [0.29, 0.717) is 5.95 Å². The van der Waals surface area contributed by atoms with Gasteiger partial charge in [0.2, 0.25) is 5.95 Å². The molecule has 3 rings (SSSR count). The number of halogens is 1. The first-order chi connectivity index (χ1) is 11.8. The van der Waals surface area contributed by atoms with Crippen LogP contribution in [-0.4, -0.2) is 42.7 Å². The van der Waals surface area contributed by atoms with Crippen LogP contribution in [0.1, 0.15) is 19.8 Å². The number of rotatable bonds is 6. The highest BCUT2D eigenvalue weighted by Gasteiger charge is 2.18. The average molecular weight is 329 g/mol. The molecule has 1 saturated heterocycles. The zero-order valence-electron chi connectivity index (χ0n) is 14.1. The molecule has 2 aromatic rings. The van der Waals surface area contributed by atoms with E-state index in [1.165, 1.54) is 12.1 Å². The van der Waals surface area contributed by atoms with Gasteiger partial charge in [-0.3, -0.25) is 0 Å². The van der Waals surface area contributed by atoms with Gasteiger partial charge in [0.05, 0.1) is 0 Å². The second-order valence-electron chi connectivity index (χ2n) is 5.97. The number of nitrogens with one attached hydrogen (secondary N) is 1. The van der Waals surface area contributed by atoms with Crippen LogP contribution in [0.15, 0.2) is 36.5 Å². The predicted octanol–water partition coefficient (Wildman–Crippen LogP) is 3.15. The first-order valence-electron chi connectivity index (χ1n) is 8.58. The number of anilines is 3. The van der Waals surface area contributed by atoms with Crippen LogP contribution in [0.3, 0.4) is 0 Å². The first-order valence-corrected chi connectivity index (χ1v) is 8.58. The van der Waals surface area contributed by atoms with E-state index in [2.05, 4.69) is 32.0 Å². The maximum atomic E-state index is 13.0. The van der Waals surface area contributed by atoms with Gasteiger partial charge in [0.15, 0.2) is 0 Å². The van der Waals surface area contributed by atoms with Gasteiger partial charge in [-0.05, 0) is 36.8 Å². The SMILES string of the molecule is CCCCNc1nccc(N2CCN(c3ccc(F)cc3)CC2)n1. The second kappa shape index (κ2) is 7.95. The molecule has 0 aliphatic carbocycles. The van der Waals surface area contributed by atoms with E-state index in [-0.39, 0.29) is 5.82 Å². The van der Waals surface area contributed by atoms with Gasteiger partial charge in [0.1, 0.15) is 11.6 Å². The van der Waals surface area contributed by atoms with Crippen molar-refractivity contribution < 1.29 is 4.39 Å². The molecule has 0 bridgehead atoms. The average Bonchev–Trinajstić information content (AvgIpc) is 2.63. The lowest BCUT2D eigenvalue weighted by Gasteiger charge is -2.36. The number of piperazine rings is 1. The summed E-state index contributed by atoms with van der Waals surface area (Å²) in [4.78, 5) is 13.4. The first kappa shape index (κ1) is 16.5. The minimum absolute atomic E-state index is 0.193. The van der Waals surface area contributed by atoms with Gasteiger partial charge >= 0.3 is 0 Å². The molecule has 0 amide bonds. The molecule has 1 aliphatic heterocycles. The molecule has 1 aromatic heterocycles. The molecular weight excluding hydrogens is 305 g/mol. The van der Waals surface area contributed by atoms with E-state index < -0.39 is 0 Å². The highest BCUT2D eigenvalue weighted by atomic mass is 19.1. The van der Waals surface area contributed by atoms with E-state index in [1.54, 1.807) is 0 Å². The summed E-state index contributed by atoms with van der Waals surface area (Å²) in [7, 11) is 0. The van der Waals surface area contributed by atoms with Gasteiger partial charge in [-0.15, -0.1) is 0 Å². The smallest absolute Gasteiger partial charge is 0.224 e. The normalized spacial score (nSPS) is 14.8. The van der Waals surface area contributed by atoms with Crippen LogP contribution in [0.25, 0.3) is 0 Å². The van der Waals surface area contributed by atoms with Crippen LogP contribution in [0, 0.1) is 5.82 Å². The standard InChI is InChI=1S/C18H24FN5/c1-2-3-9-20-18-21-10-8-17(22-18)24-13-11-23(12-14-24)16-6-4-15(19)5-7-16/h4-8,10H,2-3,9,11-14H2,1H3,(H,20,21,22). The topological polar surface area (TPSA) is 44.3 Å². The van der Waals surface area contributed by atoms with Crippen molar-refractivity contribution in [2.24, 2.45) is 0 Å². The summed E-state index contributed by atoms with van der Waals surface area (Å²) in [6, 6.07) is 8.66. The molecule has 128 valence electrons. The quantitative estimate of drug-likeness (QED) is 0.825. The Kier molecular flexibility index (Phi) is 5.46. The van der Waals surface area contributed by atoms with Gasteiger partial charge in [-0.1, -0.05) is 13.3 Å². The zero-order valence-corrected chi connectivity index (χ0v) is 14.1. The lowest BCUT2D eigenvalue weighted by molar-refractivity contribution is 0.624. The maximum absolute atomic E-state index is 13.0. The van der Waals surface area contributed by atoms with Crippen molar-refractivity contribution >= 4 is 17.5 Å². The zero-order chi connectivity index (χ0) is 16.8. The highest BCUT2D eigenvalue weighted by molar-refractivity contribution is 5.50. The number of nitrogens with zero attached hydrogens (tertiary/aromatic N) is 4. The van der Waals surface area contributed by atoms with Crippen molar-refractivity contribution in [3.8, 4) is 0 Å². The van der Waals surface area contributed by atoms with Crippen molar-refractivity contribution in [1.82, 2.24) is 9.97 Å². The number of hydrogen-bond donors (Lipinski definition) is 1. The molecule has 0 saturated carbocycles. The van der Waals surface area contributed by atoms with Gasteiger partial charge in [-0.2, -0.15) is 4.98 Å². The second-order valence-corrected chi connectivity index (χ2v) is 5.97. The van der Waals surface area contributed by atoms with Crippen molar-refractivity contribution in [3.05, 3.63) is 42.3 Å². The number of unbranched alkanes of at least 4 members (excludes halogenated alkanes) is 1. The van der Waals surface area contributed by atoms with Crippen LogP contribution >= 0.6 is 0 Å². The summed E-state index contributed by atoms with van der Waals surface area (Å²) in [5.74, 6) is 1.46. The van der Waals surface area contributed by atoms with E-state index >= 15 is 0 Å². The van der Waals surface area contributed by atoms with E-state index in [1.807, 2.05) is 24.4 Å². The van der Waals surface area contributed by atoms with E-state index in [4.69, 9.17) is 0 Å². The van der Waals surface area contributed by atoms with Gasteiger partial charge < -0.3 is 15.1 Å². The lowest BCUT2D eigenvalue weighted by atomic mass is 10.2. The van der Waals surface area contributed by atoms with Gasteiger partial charge in [-0.25, -0.2) is 9.37 Å². The molecule has 0 spiro atoms. The Bertz CT molecular complexity index is 638. The molecule has 1 aromatic carbocycles. The van der Waals surface area contributed by atoms with E-state index in [0.717, 1.165) is 57.1 Å².